The van der Waals surface area contributed by atoms with Gasteiger partial charge in [0.1, 0.15) is 5.54 Å². The molecule has 1 aliphatic rings. The molecule has 25 heavy (non-hydrogen) atoms. The molecule has 3 rings (SSSR count). The Hall–Kier alpha value is -2.22. The Morgan fingerprint density at radius 1 is 1.36 bits per heavy atom. The van der Waals surface area contributed by atoms with Gasteiger partial charge in [-0.05, 0) is 24.3 Å². The van der Waals surface area contributed by atoms with Crippen LogP contribution in [0.1, 0.15) is 44.4 Å². The summed E-state index contributed by atoms with van der Waals surface area (Å²) in [6, 6.07) is 3.83. The second kappa shape index (κ2) is 7.77. The molecule has 1 N–H and O–H groups in total. The summed E-state index contributed by atoms with van der Waals surface area (Å²) >= 11 is 1.53. The molecule has 134 valence electrons. The average Bonchev–Trinajstić information content (AvgIpc) is 3.31. The van der Waals surface area contributed by atoms with Crippen molar-refractivity contribution >= 4 is 23.2 Å². The molecular weight excluding hydrogens is 342 g/mol. The third-order valence-corrected chi connectivity index (χ3v) is 5.30. The highest BCUT2D eigenvalue weighted by molar-refractivity contribution is 7.13. The molecule has 0 saturated heterocycles. The van der Waals surface area contributed by atoms with Gasteiger partial charge in [0.25, 0.3) is 0 Å². The lowest BCUT2D eigenvalue weighted by atomic mass is 9.81. The minimum atomic E-state index is -0.888. The molecule has 0 radical (unpaired) electrons. The molecule has 0 atom stereocenters. The summed E-state index contributed by atoms with van der Waals surface area (Å²) in [5.74, 6) is 0.375. The molecule has 0 bridgehead atoms. The Kier molecular flexibility index (Phi) is 5.47. The van der Waals surface area contributed by atoms with E-state index in [1.165, 1.54) is 18.4 Å². The Morgan fingerprint density at radius 3 is 2.84 bits per heavy atom. The maximum absolute atomic E-state index is 12.3. The number of nitrogens with one attached hydrogen (secondary N) is 1. The number of aryl methyl sites for hydroxylation is 1. The van der Waals surface area contributed by atoms with Gasteiger partial charge in [0.15, 0.2) is 0 Å². The van der Waals surface area contributed by atoms with Crippen LogP contribution < -0.4 is 5.32 Å². The van der Waals surface area contributed by atoms with Gasteiger partial charge in [0, 0.05) is 12.8 Å². The van der Waals surface area contributed by atoms with Crippen LogP contribution in [-0.2, 0) is 20.7 Å². The first-order chi connectivity index (χ1) is 12.1. The molecule has 0 aromatic carbocycles. The fraction of sp³-hybridized carbons (Fsp3) is 0.529. The standard InChI is InChI=1S/C17H21N3O4S/c1-23-16(22)17(9-3-2-4-10-17)19-13(21)7-8-14-18-15(20-24-14)12-6-5-11-25-12/h5-6,11H,2-4,7-10H2,1H3,(H,19,21). The van der Waals surface area contributed by atoms with Crippen molar-refractivity contribution in [1.29, 1.82) is 0 Å². The van der Waals surface area contributed by atoms with Gasteiger partial charge in [-0.1, -0.05) is 30.5 Å². The van der Waals surface area contributed by atoms with Crippen LogP contribution in [0, 0.1) is 0 Å². The average molecular weight is 363 g/mol. The molecule has 0 unspecified atom stereocenters. The SMILES string of the molecule is COC(=O)C1(NC(=O)CCc2nc(-c3cccs3)no2)CCCCC1. The van der Waals surface area contributed by atoms with E-state index < -0.39 is 5.54 Å². The summed E-state index contributed by atoms with van der Waals surface area (Å²) in [5, 5.41) is 8.75. The van der Waals surface area contributed by atoms with E-state index in [9.17, 15) is 9.59 Å². The molecule has 1 fully saturated rings. The normalized spacial score (nSPS) is 16.4. The molecule has 1 aliphatic carbocycles. The lowest BCUT2D eigenvalue weighted by molar-refractivity contribution is -0.152. The zero-order valence-electron chi connectivity index (χ0n) is 14.1. The monoisotopic (exact) mass is 363 g/mol. The number of nitrogens with zero attached hydrogens (tertiary/aromatic N) is 2. The first-order valence-electron chi connectivity index (χ1n) is 8.39. The summed E-state index contributed by atoms with van der Waals surface area (Å²) in [6.07, 6.45) is 4.64. The van der Waals surface area contributed by atoms with Crippen molar-refractivity contribution in [2.24, 2.45) is 0 Å². The minimum absolute atomic E-state index is 0.185. The minimum Gasteiger partial charge on any atom is -0.467 e. The van der Waals surface area contributed by atoms with Crippen LogP contribution in [0.25, 0.3) is 10.7 Å². The Morgan fingerprint density at radius 2 is 2.16 bits per heavy atom. The highest BCUT2D eigenvalue weighted by Gasteiger charge is 2.41. The molecule has 1 amide bonds. The van der Waals surface area contributed by atoms with Crippen molar-refractivity contribution in [2.75, 3.05) is 7.11 Å². The molecule has 2 heterocycles. The highest BCUT2D eigenvalue weighted by Crippen LogP contribution is 2.29. The number of rotatable bonds is 6. The molecule has 2 aromatic heterocycles. The van der Waals surface area contributed by atoms with Crippen LogP contribution in [0.4, 0.5) is 0 Å². The quantitative estimate of drug-likeness (QED) is 0.793. The van der Waals surface area contributed by atoms with Crippen LogP contribution in [0.3, 0.4) is 0 Å². The van der Waals surface area contributed by atoms with Gasteiger partial charge < -0.3 is 14.6 Å². The van der Waals surface area contributed by atoms with Gasteiger partial charge in [-0.15, -0.1) is 11.3 Å². The molecule has 0 aliphatic heterocycles. The summed E-state index contributed by atoms with van der Waals surface area (Å²) in [6.45, 7) is 0. The molecule has 2 aromatic rings. The predicted molar refractivity (Wildman–Crippen MR) is 91.9 cm³/mol. The zero-order valence-corrected chi connectivity index (χ0v) is 14.9. The summed E-state index contributed by atoms with van der Waals surface area (Å²) < 4.78 is 10.1. The third kappa shape index (κ3) is 4.07. The van der Waals surface area contributed by atoms with Gasteiger partial charge in [-0.3, -0.25) is 4.79 Å². The number of ether oxygens (including phenoxy) is 1. The number of hydrogen-bond acceptors (Lipinski definition) is 7. The lowest BCUT2D eigenvalue weighted by Gasteiger charge is -2.35. The van der Waals surface area contributed by atoms with Crippen LogP contribution in [0.15, 0.2) is 22.0 Å². The lowest BCUT2D eigenvalue weighted by Crippen LogP contribution is -2.56. The number of amides is 1. The van der Waals surface area contributed by atoms with Gasteiger partial charge in [-0.25, -0.2) is 4.79 Å². The number of carbonyl (C=O) groups is 2. The molecule has 1 saturated carbocycles. The highest BCUT2D eigenvalue weighted by atomic mass is 32.1. The van der Waals surface area contributed by atoms with E-state index in [2.05, 4.69) is 15.5 Å². The van der Waals surface area contributed by atoms with Crippen molar-refractivity contribution in [3.05, 3.63) is 23.4 Å². The summed E-state index contributed by atoms with van der Waals surface area (Å²) in [5.41, 5.74) is -0.888. The summed E-state index contributed by atoms with van der Waals surface area (Å²) in [7, 11) is 1.36. The van der Waals surface area contributed by atoms with E-state index in [0.717, 1.165) is 24.1 Å². The maximum atomic E-state index is 12.3. The second-order valence-corrected chi connectivity index (χ2v) is 7.12. The van der Waals surface area contributed by atoms with Gasteiger partial charge >= 0.3 is 5.97 Å². The largest absolute Gasteiger partial charge is 0.467 e. The number of methoxy groups -OCH3 is 1. The predicted octanol–water partition coefficient (Wildman–Crippen LogP) is 2.72. The van der Waals surface area contributed by atoms with Crippen molar-refractivity contribution in [3.63, 3.8) is 0 Å². The third-order valence-electron chi connectivity index (χ3n) is 4.44. The van der Waals surface area contributed by atoms with Crippen molar-refractivity contribution in [3.8, 4) is 10.7 Å². The number of thiophene rings is 1. The fourth-order valence-corrected chi connectivity index (χ4v) is 3.79. The topological polar surface area (TPSA) is 94.3 Å². The smallest absolute Gasteiger partial charge is 0.331 e. The number of aromatic nitrogens is 2. The Labute approximate surface area is 149 Å². The first-order valence-corrected chi connectivity index (χ1v) is 9.27. The number of hydrogen-bond donors (Lipinski definition) is 1. The molecule has 0 spiro atoms. The summed E-state index contributed by atoms with van der Waals surface area (Å²) in [4.78, 5) is 29.7. The van der Waals surface area contributed by atoms with Crippen molar-refractivity contribution in [1.82, 2.24) is 15.5 Å². The number of esters is 1. The van der Waals surface area contributed by atoms with Crippen molar-refractivity contribution < 1.29 is 18.8 Å². The molecule has 8 heteroatoms. The molecular formula is C17H21N3O4S. The van der Waals surface area contributed by atoms with E-state index in [4.69, 9.17) is 9.26 Å². The van der Waals surface area contributed by atoms with Crippen LogP contribution in [-0.4, -0.2) is 34.7 Å². The van der Waals surface area contributed by atoms with E-state index in [-0.39, 0.29) is 18.3 Å². The van der Waals surface area contributed by atoms with E-state index in [1.54, 1.807) is 0 Å². The van der Waals surface area contributed by atoms with Gasteiger partial charge in [0.05, 0.1) is 12.0 Å². The Balaban J connectivity index is 1.57. The Bertz CT molecular complexity index is 720. The fourth-order valence-electron chi connectivity index (χ4n) is 3.14. The van der Waals surface area contributed by atoms with Crippen LogP contribution in [0.5, 0.6) is 0 Å². The van der Waals surface area contributed by atoms with E-state index in [1.807, 2.05) is 17.5 Å². The van der Waals surface area contributed by atoms with Crippen molar-refractivity contribution in [2.45, 2.75) is 50.5 Å². The zero-order chi connectivity index (χ0) is 17.7. The number of carbonyl (C=O) groups excluding carboxylic acids is 2. The van der Waals surface area contributed by atoms with E-state index in [0.29, 0.717) is 31.0 Å². The maximum Gasteiger partial charge on any atom is 0.331 e. The first kappa shape index (κ1) is 17.6. The van der Waals surface area contributed by atoms with E-state index >= 15 is 0 Å². The van der Waals surface area contributed by atoms with Gasteiger partial charge in [0.2, 0.25) is 17.6 Å². The molecule has 7 nitrogen and oxygen atoms in total. The van der Waals surface area contributed by atoms with Crippen LogP contribution in [0.2, 0.25) is 0 Å². The second-order valence-electron chi connectivity index (χ2n) is 6.17. The van der Waals surface area contributed by atoms with Crippen LogP contribution >= 0.6 is 11.3 Å². The van der Waals surface area contributed by atoms with Gasteiger partial charge in [-0.2, -0.15) is 4.98 Å².